The minimum atomic E-state index is 0.298. The SMILES string of the molecule is CCc1noc(CN2CCOC(C)C2)n1. The minimum Gasteiger partial charge on any atom is -0.376 e. The number of morpholine rings is 1. The predicted molar refractivity (Wildman–Crippen MR) is 54.4 cm³/mol. The summed E-state index contributed by atoms with van der Waals surface area (Å²) in [5, 5.41) is 3.88. The van der Waals surface area contributed by atoms with Crippen molar-refractivity contribution < 1.29 is 9.26 Å². The molecule has 5 nitrogen and oxygen atoms in total. The van der Waals surface area contributed by atoms with Gasteiger partial charge in [0.05, 0.1) is 19.3 Å². The molecule has 0 aromatic carbocycles. The average Bonchev–Trinajstić information content (AvgIpc) is 2.65. The second-order valence-corrected chi connectivity index (χ2v) is 3.87. The molecule has 0 aliphatic carbocycles. The average molecular weight is 211 g/mol. The zero-order valence-electron chi connectivity index (χ0n) is 9.27. The maximum absolute atomic E-state index is 5.46. The van der Waals surface area contributed by atoms with Gasteiger partial charge in [-0.3, -0.25) is 4.90 Å². The molecule has 0 amide bonds. The highest BCUT2D eigenvalue weighted by molar-refractivity contribution is 4.86. The lowest BCUT2D eigenvalue weighted by molar-refractivity contribution is -0.0240. The van der Waals surface area contributed by atoms with Crippen molar-refractivity contribution >= 4 is 0 Å². The van der Waals surface area contributed by atoms with Crippen LogP contribution in [0.5, 0.6) is 0 Å². The van der Waals surface area contributed by atoms with E-state index in [2.05, 4.69) is 22.0 Å². The highest BCUT2D eigenvalue weighted by atomic mass is 16.5. The Hall–Kier alpha value is -0.940. The van der Waals surface area contributed by atoms with Gasteiger partial charge in [-0.05, 0) is 6.92 Å². The first-order chi connectivity index (χ1) is 7.28. The highest BCUT2D eigenvalue weighted by Gasteiger charge is 2.18. The van der Waals surface area contributed by atoms with E-state index in [0.717, 1.165) is 38.5 Å². The summed E-state index contributed by atoms with van der Waals surface area (Å²) < 4.78 is 10.6. The molecule has 0 spiro atoms. The second-order valence-electron chi connectivity index (χ2n) is 3.87. The van der Waals surface area contributed by atoms with Crippen molar-refractivity contribution in [3.63, 3.8) is 0 Å². The lowest BCUT2D eigenvalue weighted by atomic mass is 10.3. The van der Waals surface area contributed by atoms with Gasteiger partial charge < -0.3 is 9.26 Å². The topological polar surface area (TPSA) is 51.4 Å². The molecule has 1 saturated heterocycles. The molecular weight excluding hydrogens is 194 g/mol. The monoisotopic (exact) mass is 211 g/mol. The third-order valence-electron chi connectivity index (χ3n) is 2.51. The fourth-order valence-electron chi connectivity index (χ4n) is 1.72. The number of hydrogen-bond acceptors (Lipinski definition) is 5. The summed E-state index contributed by atoms with van der Waals surface area (Å²) in [6.07, 6.45) is 1.12. The minimum absolute atomic E-state index is 0.298. The molecule has 0 radical (unpaired) electrons. The van der Waals surface area contributed by atoms with E-state index in [1.807, 2.05) is 6.92 Å². The molecular formula is C10H17N3O2. The van der Waals surface area contributed by atoms with Crippen LogP contribution >= 0.6 is 0 Å². The molecule has 1 aromatic rings. The van der Waals surface area contributed by atoms with E-state index in [1.165, 1.54) is 0 Å². The quantitative estimate of drug-likeness (QED) is 0.742. The van der Waals surface area contributed by atoms with Crippen molar-refractivity contribution in [2.75, 3.05) is 19.7 Å². The molecule has 1 aliphatic heterocycles. The first-order valence-electron chi connectivity index (χ1n) is 5.43. The summed E-state index contributed by atoms with van der Waals surface area (Å²) in [5.74, 6) is 1.49. The van der Waals surface area contributed by atoms with Crippen LogP contribution in [0.1, 0.15) is 25.6 Å². The van der Waals surface area contributed by atoms with Crippen LogP contribution in [0.15, 0.2) is 4.52 Å². The summed E-state index contributed by atoms with van der Waals surface area (Å²) in [4.78, 5) is 6.57. The van der Waals surface area contributed by atoms with Crippen LogP contribution in [0, 0.1) is 0 Å². The molecule has 1 aliphatic rings. The predicted octanol–water partition coefficient (Wildman–Crippen LogP) is 0.853. The normalized spacial score (nSPS) is 23.2. The molecule has 2 heterocycles. The van der Waals surface area contributed by atoms with Gasteiger partial charge in [-0.25, -0.2) is 0 Å². The van der Waals surface area contributed by atoms with E-state index in [0.29, 0.717) is 12.0 Å². The lowest BCUT2D eigenvalue weighted by Gasteiger charge is -2.29. The van der Waals surface area contributed by atoms with Gasteiger partial charge in [-0.1, -0.05) is 12.1 Å². The Kier molecular flexibility index (Phi) is 3.33. The second kappa shape index (κ2) is 4.72. The van der Waals surface area contributed by atoms with Crippen molar-refractivity contribution in [3.05, 3.63) is 11.7 Å². The Morgan fingerprint density at radius 1 is 1.53 bits per heavy atom. The zero-order valence-corrected chi connectivity index (χ0v) is 9.27. The molecule has 1 atom stereocenters. The number of hydrogen-bond donors (Lipinski definition) is 0. The van der Waals surface area contributed by atoms with Crippen molar-refractivity contribution in [1.82, 2.24) is 15.0 Å². The van der Waals surface area contributed by atoms with Gasteiger partial charge in [0.1, 0.15) is 0 Å². The molecule has 1 aromatic heterocycles. The Morgan fingerprint density at radius 3 is 3.07 bits per heavy atom. The van der Waals surface area contributed by atoms with Crippen LogP contribution in [0.3, 0.4) is 0 Å². The molecule has 84 valence electrons. The van der Waals surface area contributed by atoms with Gasteiger partial charge >= 0.3 is 0 Å². The molecule has 0 bridgehead atoms. The fraction of sp³-hybridized carbons (Fsp3) is 0.800. The summed E-state index contributed by atoms with van der Waals surface area (Å²) in [7, 11) is 0. The number of rotatable bonds is 3. The molecule has 0 saturated carbocycles. The molecule has 15 heavy (non-hydrogen) atoms. The van der Waals surface area contributed by atoms with Crippen LogP contribution in [-0.4, -0.2) is 40.8 Å². The van der Waals surface area contributed by atoms with Crippen molar-refractivity contribution in [1.29, 1.82) is 0 Å². The van der Waals surface area contributed by atoms with Gasteiger partial charge in [-0.2, -0.15) is 4.98 Å². The fourth-order valence-corrected chi connectivity index (χ4v) is 1.72. The standard InChI is InChI=1S/C10H17N3O2/c1-3-9-11-10(15-12-9)7-13-4-5-14-8(2)6-13/h8H,3-7H2,1-2H3. The van der Waals surface area contributed by atoms with E-state index in [1.54, 1.807) is 0 Å². The van der Waals surface area contributed by atoms with Crippen molar-refractivity contribution in [3.8, 4) is 0 Å². The first kappa shape index (κ1) is 10.6. The molecule has 1 fully saturated rings. The number of ether oxygens (including phenoxy) is 1. The third-order valence-corrected chi connectivity index (χ3v) is 2.51. The van der Waals surface area contributed by atoms with Crippen molar-refractivity contribution in [2.45, 2.75) is 32.9 Å². The van der Waals surface area contributed by atoms with Gasteiger partial charge in [0.25, 0.3) is 0 Å². The van der Waals surface area contributed by atoms with E-state index in [-0.39, 0.29) is 0 Å². The Labute approximate surface area is 89.4 Å². The number of aromatic nitrogens is 2. The van der Waals surface area contributed by atoms with E-state index < -0.39 is 0 Å². The summed E-state index contributed by atoms with van der Waals surface area (Å²) in [6, 6.07) is 0. The summed E-state index contributed by atoms with van der Waals surface area (Å²) >= 11 is 0. The van der Waals surface area contributed by atoms with E-state index in [4.69, 9.17) is 9.26 Å². The van der Waals surface area contributed by atoms with Gasteiger partial charge in [0.2, 0.25) is 5.89 Å². The zero-order chi connectivity index (χ0) is 10.7. The molecule has 0 N–H and O–H groups in total. The van der Waals surface area contributed by atoms with Crippen LogP contribution in [0.4, 0.5) is 0 Å². The number of nitrogens with zero attached hydrogens (tertiary/aromatic N) is 3. The van der Waals surface area contributed by atoms with Gasteiger partial charge in [-0.15, -0.1) is 0 Å². The molecule has 1 unspecified atom stereocenters. The van der Waals surface area contributed by atoms with Crippen LogP contribution in [-0.2, 0) is 17.7 Å². The molecule has 5 heteroatoms. The lowest BCUT2D eigenvalue weighted by Crippen LogP contribution is -2.40. The number of aryl methyl sites for hydroxylation is 1. The Bertz CT molecular complexity index is 313. The van der Waals surface area contributed by atoms with Crippen molar-refractivity contribution in [2.24, 2.45) is 0 Å². The third kappa shape index (κ3) is 2.76. The maximum atomic E-state index is 5.46. The summed E-state index contributed by atoms with van der Waals surface area (Å²) in [6.45, 7) is 7.50. The smallest absolute Gasteiger partial charge is 0.240 e. The van der Waals surface area contributed by atoms with E-state index in [9.17, 15) is 0 Å². The Balaban J connectivity index is 1.90. The van der Waals surface area contributed by atoms with Crippen LogP contribution in [0.2, 0.25) is 0 Å². The first-order valence-corrected chi connectivity index (χ1v) is 5.43. The van der Waals surface area contributed by atoms with Crippen LogP contribution < -0.4 is 0 Å². The largest absolute Gasteiger partial charge is 0.376 e. The van der Waals surface area contributed by atoms with Gasteiger partial charge in [0, 0.05) is 19.5 Å². The highest BCUT2D eigenvalue weighted by Crippen LogP contribution is 2.08. The maximum Gasteiger partial charge on any atom is 0.240 e. The summed E-state index contributed by atoms with van der Waals surface area (Å²) in [5.41, 5.74) is 0. The molecule has 2 rings (SSSR count). The van der Waals surface area contributed by atoms with Crippen LogP contribution in [0.25, 0.3) is 0 Å². The van der Waals surface area contributed by atoms with E-state index >= 15 is 0 Å². The van der Waals surface area contributed by atoms with Gasteiger partial charge in [0.15, 0.2) is 5.82 Å². The Morgan fingerprint density at radius 2 is 2.40 bits per heavy atom.